The summed E-state index contributed by atoms with van der Waals surface area (Å²) in [6, 6.07) is 1.11. The molecule has 0 aromatic heterocycles. The molecular weight excluding hydrogens is 439 g/mol. The van der Waals surface area contributed by atoms with E-state index < -0.39 is 0 Å². The van der Waals surface area contributed by atoms with Crippen molar-refractivity contribution in [3.63, 3.8) is 0 Å². The summed E-state index contributed by atoms with van der Waals surface area (Å²) in [7, 11) is 5.42. The summed E-state index contributed by atoms with van der Waals surface area (Å²) in [5.41, 5.74) is 0. The maximum atomic E-state index is 4.51. The van der Waals surface area contributed by atoms with E-state index in [2.05, 4.69) is 49.0 Å². The van der Waals surface area contributed by atoms with Crippen LogP contribution in [0.1, 0.15) is 61.3 Å². The SMILES string of the molecule is CCC(C)[N-]C(C)CC.CC[N-]C.CC[N-]C.CC[N-]C.[Hf+4]. The predicted molar refractivity (Wildman–Crippen MR) is 102 cm³/mol. The van der Waals surface area contributed by atoms with Gasteiger partial charge in [0.2, 0.25) is 0 Å². The fraction of sp³-hybridized carbons (Fsp3) is 1.00. The first-order chi connectivity index (χ1) is 9.94. The molecule has 0 saturated heterocycles. The van der Waals surface area contributed by atoms with Gasteiger partial charge in [-0.05, 0) is 0 Å². The Bertz CT molecular complexity index is 114. The topological polar surface area (TPSA) is 56.4 Å². The molecule has 0 aliphatic carbocycles. The van der Waals surface area contributed by atoms with Gasteiger partial charge in [0.25, 0.3) is 0 Å². The van der Waals surface area contributed by atoms with Crippen molar-refractivity contribution in [2.45, 2.75) is 73.4 Å². The van der Waals surface area contributed by atoms with Crippen LogP contribution in [0, 0.1) is 0 Å². The van der Waals surface area contributed by atoms with Crippen molar-refractivity contribution in [3.05, 3.63) is 21.3 Å². The van der Waals surface area contributed by atoms with Crippen LogP contribution in [0.15, 0.2) is 0 Å². The second-order valence-corrected chi connectivity index (χ2v) is 4.56. The molecule has 0 bridgehead atoms. The summed E-state index contributed by atoms with van der Waals surface area (Å²) in [6.07, 6.45) is 2.34. The van der Waals surface area contributed by atoms with Gasteiger partial charge in [0.1, 0.15) is 0 Å². The summed E-state index contributed by atoms with van der Waals surface area (Å²) in [6.45, 7) is 17.6. The van der Waals surface area contributed by atoms with Gasteiger partial charge >= 0.3 is 25.8 Å². The van der Waals surface area contributed by atoms with Crippen LogP contribution in [0.4, 0.5) is 0 Å². The van der Waals surface area contributed by atoms with E-state index in [9.17, 15) is 0 Å². The second kappa shape index (κ2) is 37.7. The Labute approximate surface area is 161 Å². The van der Waals surface area contributed by atoms with Gasteiger partial charge in [0.15, 0.2) is 0 Å². The monoisotopic (exact) mass is 482 g/mol. The zero-order chi connectivity index (χ0) is 17.5. The molecule has 0 aliphatic heterocycles. The molecule has 0 saturated carbocycles. The minimum absolute atomic E-state index is 0. The molecular formula is C17H42HfN4. The van der Waals surface area contributed by atoms with Crippen molar-refractivity contribution < 1.29 is 25.8 Å². The molecule has 0 radical (unpaired) electrons. The van der Waals surface area contributed by atoms with Gasteiger partial charge in [0, 0.05) is 0 Å². The number of rotatable bonds is 7. The van der Waals surface area contributed by atoms with Crippen molar-refractivity contribution in [2.24, 2.45) is 0 Å². The molecule has 4 nitrogen and oxygen atoms in total. The van der Waals surface area contributed by atoms with Gasteiger partial charge in [-0.2, -0.15) is 40.8 Å². The standard InChI is InChI=1S/C8H18N.3C3H8N.Hf/c1-5-7(3)9-8(4)6-2;3*1-3-4-2;/h7-8H,5-6H2,1-4H3;3*3H2,1-2H3;/q4*-1;+4. The molecule has 134 valence electrons. The fourth-order valence-corrected chi connectivity index (χ4v) is 0.645. The quantitative estimate of drug-likeness (QED) is 0.402. The van der Waals surface area contributed by atoms with Gasteiger partial charge in [0.05, 0.1) is 0 Å². The van der Waals surface area contributed by atoms with Crippen molar-refractivity contribution in [1.29, 1.82) is 0 Å². The minimum atomic E-state index is 0. The molecule has 0 rings (SSSR count). The maximum Gasteiger partial charge on any atom is 4.00 e. The van der Waals surface area contributed by atoms with Crippen molar-refractivity contribution in [3.8, 4) is 0 Å². The Hall–Kier alpha value is 0.710. The normalized spacial score (nSPS) is 11.2. The third kappa shape index (κ3) is 58.7. The van der Waals surface area contributed by atoms with Gasteiger partial charge in [-0.15, -0.1) is 12.1 Å². The predicted octanol–water partition coefficient (Wildman–Crippen LogP) is 5.98. The molecule has 0 N–H and O–H groups in total. The molecule has 0 heterocycles. The van der Waals surface area contributed by atoms with Crippen LogP contribution in [0.3, 0.4) is 0 Å². The smallest absolute Gasteiger partial charge is 0.665 e. The summed E-state index contributed by atoms with van der Waals surface area (Å²) < 4.78 is 0. The summed E-state index contributed by atoms with van der Waals surface area (Å²) in [5, 5.41) is 15.7. The van der Waals surface area contributed by atoms with Crippen LogP contribution < -0.4 is 0 Å². The van der Waals surface area contributed by atoms with E-state index in [1.165, 1.54) is 12.8 Å². The van der Waals surface area contributed by atoms with E-state index in [1.54, 1.807) is 21.1 Å². The second-order valence-electron chi connectivity index (χ2n) is 4.56. The van der Waals surface area contributed by atoms with E-state index in [4.69, 9.17) is 0 Å². The van der Waals surface area contributed by atoms with Crippen LogP contribution in [0.25, 0.3) is 21.3 Å². The Kier molecular flexibility index (Phi) is 58.5. The van der Waals surface area contributed by atoms with Crippen LogP contribution in [-0.4, -0.2) is 52.9 Å². The average molecular weight is 481 g/mol. The Morgan fingerprint density at radius 2 is 0.773 bits per heavy atom. The van der Waals surface area contributed by atoms with Gasteiger partial charge in [-0.25, -0.2) is 0 Å². The number of hydrogen-bond acceptors (Lipinski definition) is 0. The van der Waals surface area contributed by atoms with Crippen LogP contribution >= 0.6 is 0 Å². The fourth-order valence-electron chi connectivity index (χ4n) is 0.645. The van der Waals surface area contributed by atoms with Gasteiger partial charge < -0.3 is 21.3 Å². The minimum Gasteiger partial charge on any atom is -0.665 e. The van der Waals surface area contributed by atoms with E-state index in [-0.39, 0.29) is 25.8 Å². The summed E-state index contributed by atoms with van der Waals surface area (Å²) >= 11 is 0. The molecule has 22 heavy (non-hydrogen) atoms. The first-order valence-electron chi connectivity index (χ1n) is 8.31. The molecule has 0 aliphatic rings. The molecule has 2 unspecified atom stereocenters. The largest absolute Gasteiger partial charge is 4.00 e. The third-order valence-corrected chi connectivity index (χ3v) is 2.64. The molecule has 0 aromatic carbocycles. The number of hydrogen-bond donors (Lipinski definition) is 0. The van der Waals surface area contributed by atoms with E-state index in [0.29, 0.717) is 12.1 Å². The van der Waals surface area contributed by atoms with Crippen molar-refractivity contribution >= 4 is 0 Å². The number of nitrogens with zero attached hydrogens (tertiary/aromatic N) is 4. The zero-order valence-corrected chi connectivity index (χ0v) is 20.6. The first kappa shape index (κ1) is 34.1. The van der Waals surface area contributed by atoms with E-state index >= 15 is 0 Å². The van der Waals surface area contributed by atoms with Gasteiger partial charge in [-0.3, -0.25) is 0 Å². The Morgan fingerprint density at radius 1 is 0.591 bits per heavy atom. The van der Waals surface area contributed by atoms with Gasteiger partial charge in [-0.1, -0.05) is 61.3 Å². The third-order valence-electron chi connectivity index (χ3n) is 2.64. The first-order valence-corrected chi connectivity index (χ1v) is 8.31. The van der Waals surface area contributed by atoms with Crippen LogP contribution in [0.5, 0.6) is 0 Å². The molecule has 0 spiro atoms. The molecule has 0 amide bonds. The Balaban J connectivity index is -0.0000000632. The van der Waals surface area contributed by atoms with E-state index in [0.717, 1.165) is 19.6 Å². The van der Waals surface area contributed by atoms with Crippen molar-refractivity contribution in [2.75, 3.05) is 40.8 Å². The molecule has 0 aromatic rings. The van der Waals surface area contributed by atoms with Crippen LogP contribution in [-0.2, 0) is 25.8 Å². The van der Waals surface area contributed by atoms with E-state index in [1.807, 2.05) is 20.8 Å². The van der Waals surface area contributed by atoms with Crippen LogP contribution in [0.2, 0.25) is 0 Å². The Morgan fingerprint density at radius 3 is 0.864 bits per heavy atom. The molecule has 2 atom stereocenters. The molecule has 0 fully saturated rings. The summed E-state index contributed by atoms with van der Waals surface area (Å²) in [4.78, 5) is 0. The summed E-state index contributed by atoms with van der Waals surface area (Å²) in [5.74, 6) is 0. The van der Waals surface area contributed by atoms with Crippen molar-refractivity contribution in [1.82, 2.24) is 0 Å². The zero-order valence-electron chi connectivity index (χ0n) is 17.0. The molecule has 5 heteroatoms. The maximum absolute atomic E-state index is 4.51. The average Bonchev–Trinajstić information content (AvgIpc) is 2.54.